The first-order chi connectivity index (χ1) is 11.8. The van der Waals surface area contributed by atoms with Crippen LogP contribution in [0, 0.1) is 17.8 Å². The summed E-state index contributed by atoms with van der Waals surface area (Å²) >= 11 is 0. The van der Waals surface area contributed by atoms with Crippen molar-refractivity contribution in [3.63, 3.8) is 0 Å². The lowest BCUT2D eigenvalue weighted by Gasteiger charge is -2.29. The molecule has 5 heteroatoms. The molecule has 2 saturated heterocycles. The van der Waals surface area contributed by atoms with Gasteiger partial charge in [-0.2, -0.15) is 0 Å². The highest BCUT2D eigenvalue weighted by Crippen LogP contribution is 2.35. The summed E-state index contributed by atoms with van der Waals surface area (Å²) in [5.74, 6) is 3.57. The summed E-state index contributed by atoms with van der Waals surface area (Å²) in [5.41, 5.74) is 0. The van der Waals surface area contributed by atoms with Gasteiger partial charge in [0.15, 0.2) is 5.96 Å². The quantitative estimate of drug-likeness (QED) is 0.616. The van der Waals surface area contributed by atoms with E-state index in [0.29, 0.717) is 5.92 Å². The van der Waals surface area contributed by atoms with Gasteiger partial charge in [-0.25, -0.2) is 0 Å². The first-order valence-electron chi connectivity index (χ1n) is 10.1. The Bertz CT molecular complexity index is 394. The molecule has 0 aromatic heterocycles. The monoisotopic (exact) mass is 336 g/mol. The number of likely N-dealkylation sites (tertiary alicyclic amines) is 1. The smallest absolute Gasteiger partial charge is 0.193 e. The minimum Gasteiger partial charge on any atom is -0.379 e. The van der Waals surface area contributed by atoms with Gasteiger partial charge in [0.1, 0.15) is 0 Å². The normalized spacial score (nSPS) is 30.2. The van der Waals surface area contributed by atoms with E-state index in [1.54, 1.807) is 0 Å². The van der Waals surface area contributed by atoms with Crippen LogP contribution in [0.25, 0.3) is 0 Å². The Balaban J connectivity index is 1.51. The average Bonchev–Trinajstić information content (AvgIpc) is 3.03. The van der Waals surface area contributed by atoms with Crippen molar-refractivity contribution < 1.29 is 4.74 Å². The maximum absolute atomic E-state index is 5.44. The molecule has 3 fully saturated rings. The average molecular weight is 337 g/mol. The Morgan fingerprint density at radius 3 is 2.46 bits per heavy atom. The van der Waals surface area contributed by atoms with Crippen molar-refractivity contribution in [3.8, 4) is 0 Å². The van der Waals surface area contributed by atoms with Gasteiger partial charge < -0.3 is 15.0 Å². The van der Waals surface area contributed by atoms with Crippen LogP contribution in [0.2, 0.25) is 0 Å². The molecule has 0 aromatic rings. The van der Waals surface area contributed by atoms with Crippen LogP contribution < -0.4 is 5.32 Å². The predicted octanol–water partition coefficient (Wildman–Crippen LogP) is 2.04. The molecule has 3 aliphatic rings. The zero-order chi connectivity index (χ0) is 16.8. The summed E-state index contributed by atoms with van der Waals surface area (Å²) in [4.78, 5) is 10.0. The lowest BCUT2D eigenvalue weighted by Crippen LogP contribution is -2.41. The number of ether oxygens (including phenoxy) is 1. The Hall–Kier alpha value is -0.810. The first kappa shape index (κ1) is 18.0. The zero-order valence-corrected chi connectivity index (χ0v) is 15.7. The van der Waals surface area contributed by atoms with Crippen molar-refractivity contribution >= 4 is 5.96 Å². The summed E-state index contributed by atoms with van der Waals surface area (Å²) in [6, 6.07) is 0. The fraction of sp³-hybridized carbons (Fsp3) is 0.947. The van der Waals surface area contributed by atoms with E-state index in [1.165, 1.54) is 38.8 Å². The second-order valence-electron chi connectivity index (χ2n) is 7.92. The summed E-state index contributed by atoms with van der Waals surface area (Å²) in [5, 5.41) is 3.54. The molecule has 1 N–H and O–H groups in total. The van der Waals surface area contributed by atoms with Gasteiger partial charge in [-0.05, 0) is 37.5 Å². The van der Waals surface area contributed by atoms with Gasteiger partial charge >= 0.3 is 0 Å². The number of hydrogen-bond acceptors (Lipinski definition) is 3. The number of aliphatic imine (C=N–C) groups is 1. The number of guanidine groups is 1. The highest BCUT2D eigenvalue weighted by molar-refractivity contribution is 5.80. The molecule has 3 rings (SSSR count). The highest BCUT2D eigenvalue weighted by Gasteiger charge is 2.35. The zero-order valence-electron chi connectivity index (χ0n) is 15.7. The molecule has 0 aromatic carbocycles. The van der Waals surface area contributed by atoms with Crippen LogP contribution in [0.5, 0.6) is 0 Å². The fourth-order valence-corrected chi connectivity index (χ4v) is 4.53. The number of morpholine rings is 1. The Labute approximate surface area is 147 Å². The predicted molar refractivity (Wildman–Crippen MR) is 99.4 cm³/mol. The molecule has 1 aliphatic carbocycles. The summed E-state index contributed by atoms with van der Waals surface area (Å²) in [6.07, 6.45) is 5.71. The second kappa shape index (κ2) is 9.04. The molecule has 0 spiro atoms. The summed E-state index contributed by atoms with van der Waals surface area (Å²) < 4.78 is 5.44. The maximum atomic E-state index is 5.44. The van der Waals surface area contributed by atoms with Crippen molar-refractivity contribution in [2.24, 2.45) is 22.7 Å². The van der Waals surface area contributed by atoms with E-state index < -0.39 is 0 Å². The van der Waals surface area contributed by atoms with E-state index in [0.717, 1.165) is 63.7 Å². The van der Waals surface area contributed by atoms with E-state index in [4.69, 9.17) is 9.73 Å². The van der Waals surface area contributed by atoms with E-state index in [9.17, 15) is 0 Å². The lowest BCUT2D eigenvalue weighted by atomic mass is 9.82. The van der Waals surface area contributed by atoms with Crippen LogP contribution in [-0.4, -0.2) is 74.8 Å². The van der Waals surface area contributed by atoms with Crippen molar-refractivity contribution in [2.75, 3.05) is 59.0 Å². The molecule has 138 valence electrons. The van der Waals surface area contributed by atoms with Gasteiger partial charge in [0.2, 0.25) is 0 Å². The number of nitrogens with zero attached hydrogens (tertiary/aromatic N) is 3. The van der Waals surface area contributed by atoms with Crippen LogP contribution in [0.4, 0.5) is 0 Å². The van der Waals surface area contributed by atoms with Crippen LogP contribution >= 0.6 is 0 Å². The maximum Gasteiger partial charge on any atom is 0.193 e. The number of hydrogen-bond donors (Lipinski definition) is 1. The highest BCUT2D eigenvalue weighted by atomic mass is 16.5. The topological polar surface area (TPSA) is 40.1 Å². The molecule has 2 aliphatic heterocycles. The number of nitrogens with one attached hydrogen (secondary N) is 1. The van der Waals surface area contributed by atoms with Crippen molar-refractivity contribution in [2.45, 2.75) is 39.5 Å². The fourth-order valence-electron chi connectivity index (χ4n) is 4.53. The minimum atomic E-state index is 0.599. The number of rotatable bonds is 5. The second-order valence-corrected chi connectivity index (χ2v) is 7.92. The molecular weight excluding hydrogens is 300 g/mol. The summed E-state index contributed by atoms with van der Waals surface area (Å²) in [6.45, 7) is 13.9. The standard InChI is InChI=1S/C19H36N4O/c1-3-20-19(23-14-17-6-4-5-7-18(17)15-23)21-12-16(2)13-22-8-10-24-11-9-22/h16-18H,3-15H2,1-2H3,(H,20,21). The van der Waals surface area contributed by atoms with Crippen LogP contribution in [0.1, 0.15) is 39.5 Å². The van der Waals surface area contributed by atoms with Crippen LogP contribution in [0.15, 0.2) is 4.99 Å². The molecular formula is C19H36N4O. The molecule has 2 heterocycles. The third kappa shape index (κ3) is 4.85. The third-order valence-electron chi connectivity index (χ3n) is 5.84. The van der Waals surface area contributed by atoms with E-state index >= 15 is 0 Å². The van der Waals surface area contributed by atoms with E-state index in [2.05, 4.69) is 29.0 Å². The molecule has 3 atom stereocenters. The summed E-state index contributed by atoms with van der Waals surface area (Å²) in [7, 11) is 0. The van der Waals surface area contributed by atoms with Crippen LogP contribution in [-0.2, 0) is 4.74 Å². The molecule has 0 amide bonds. The molecule has 0 radical (unpaired) electrons. The lowest BCUT2D eigenvalue weighted by molar-refractivity contribution is 0.0323. The molecule has 0 bridgehead atoms. The van der Waals surface area contributed by atoms with Crippen molar-refractivity contribution in [3.05, 3.63) is 0 Å². The van der Waals surface area contributed by atoms with Crippen molar-refractivity contribution in [1.29, 1.82) is 0 Å². The van der Waals surface area contributed by atoms with Gasteiger partial charge in [0, 0.05) is 45.8 Å². The van der Waals surface area contributed by atoms with E-state index in [1.807, 2.05) is 0 Å². The van der Waals surface area contributed by atoms with Gasteiger partial charge in [0.25, 0.3) is 0 Å². The van der Waals surface area contributed by atoms with E-state index in [-0.39, 0.29) is 0 Å². The largest absolute Gasteiger partial charge is 0.379 e. The van der Waals surface area contributed by atoms with Gasteiger partial charge in [-0.15, -0.1) is 0 Å². The molecule has 3 unspecified atom stereocenters. The Morgan fingerprint density at radius 2 is 1.83 bits per heavy atom. The molecule has 5 nitrogen and oxygen atoms in total. The third-order valence-corrected chi connectivity index (χ3v) is 5.84. The Kier molecular flexibility index (Phi) is 6.78. The minimum absolute atomic E-state index is 0.599. The van der Waals surface area contributed by atoms with Crippen LogP contribution in [0.3, 0.4) is 0 Å². The van der Waals surface area contributed by atoms with Gasteiger partial charge in [-0.3, -0.25) is 9.89 Å². The Morgan fingerprint density at radius 1 is 1.17 bits per heavy atom. The SMILES string of the molecule is CCNC(=NCC(C)CN1CCOCC1)N1CC2CCCCC2C1. The number of fused-ring (bicyclic) bond motifs is 1. The molecule has 1 saturated carbocycles. The van der Waals surface area contributed by atoms with Crippen molar-refractivity contribution in [1.82, 2.24) is 15.1 Å². The van der Waals surface area contributed by atoms with Gasteiger partial charge in [0.05, 0.1) is 13.2 Å². The van der Waals surface area contributed by atoms with Gasteiger partial charge in [-0.1, -0.05) is 19.8 Å². The molecule has 24 heavy (non-hydrogen) atoms. The first-order valence-corrected chi connectivity index (χ1v) is 10.1.